The second-order valence-electron chi connectivity index (χ2n) is 5.62. The van der Waals surface area contributed by atoms with Gasteiger partial charge < -0.3 is 34.3 Å². The quantitative estimate of drug-likeness (QED) is 0.338. The first-order valence-corrected chi connectivity index (χ1v) is 8.40. The maximum absolute atomic E-state index is 12.0. The van der Waals surface area contributed by atoms with Crippen molar-refractivity contribution in [3.63, 3.8) is 0 Å². The van der Waals surface area contributed by atoms with Crippen molar-refractivity contribution in [3.05, 3.63) is 47.5 Å². The van der Waals surface area contributed by atoms with Gasteiger partial charge in [0.25, 0.3) is 0 Å². The molecule has 2 N–H and O–H groups in total. The van der Waals surface area contributed by atoms with E-state index in [1.807, 2.05) is 0 Å². The van der Waals surface area contributed by atoms with Gasteiger partial charge in [-0.3, -0.25) is 0 Å². The zero-order valence-electron chi connectivity index (χ0n) is 18.5. The van der Waals surface area contributed by atoms with Crippen LogP contribution in [0.25, 0.3) is 0 Å². The number of hydrogen-bond acceptors (Lipinski definition) is 8. The standard InChI is InChI=1S/C10H9F3O4.C9H7F3O4.Na.H2O/c1-15-8-5-6(9(14)16-2)3-4-7(8)17-10(11,12)13;1-15-7-4-5(8(13)14)2-3-6(7)16-9(10,11)12;;/h3-5H,1-2H3;2-4H,1H3,(H,13,14);;1H2/q;;+1;/p-1. The van der Waals surface area contributed by atoms with Crippen molar-refractivity contribution in [2.45, 2.75) is 12.7 Å². The molecule has 0 aliphatic carbocycles. The number of carbonyl (C=O) groups is 2. The minimum Gasteiger partial charge on any atom is -0.870 e. The van der Waals surface area contributed by atoms with Crippen molar-refractivity contribution < 1.29 is 99.8 Å². The Morgan fingerprint density at radius 3 is 1.40 bits per heavy atom. The van der Waals surface area contributed by atoms with E-state index < -0.39 is 36.2 Å². The number of alkyl halides is 6. The summed E-state index contributed by atoms with van der Waals surface area (Å²) in [6, 6.07) is 6.06. The minimum atomic E-state index is -4.85. The van der Waals surface area contributed by atoms with Crippen LogP contribution in [0.3, 0.4) is 0 Å². The maximum Gasteiger partial charge on any atom is 1.00 e. The van der Waals surface area contributed by atoms with Gasteiger partial charge in [0.2, 0.25) is 0 Å². The van der Waals surface area contributed by atoms with E-state index in [-0.39, 0.29) is 57.7 Å². The predicted octanol–water partition coefficient (Wildman–Crippen LogP) is 1.50. The van der Waals surface area contributed by atoms with E-state index in [0.29, 0.717) is 0 Å². The smallest absolute Gasteiger partial charge is 0.870 e. The second-order valence-corrected chi connectivity index (χ2v) is 5.62. The first kappa shape index (κ1) is 34.3. The van der Waals surface area contributed by atoms with Gasteiger partial charge >= 0.3 is 54.2 Å². The molecule has 35 heavy (non-hydrogen) atoms. The van der Waals surface area contributed by atoms with E-state index in [0.717, 1.165) is 50.6 Å². The summed E-state index contributed by atoms with van der Waals surface area (Å²) < 4.78 is 92.9. The fraction of sp³-hybridized carbons (Fsp3) is 0.263. The molecule has 0 saturated carbocycles. The molecule has 0 aromatic heterocycles. The number of hydrogen-bond donors (Lipinski definition) is 1. The second kappa shape index (κ2) is 14.5. The van der Waals surface area contributed by atoms with Crippen LogP contribution in [0.2, 0.25) is 0 Å². The van der Waals surface area contributed by atoms with Gasteiger partial charge in [0.05, 0.1) is 32.5 Å². The van der Waals surface area contributed by atoms with E-state index in [9.17, 15) is 35.9 Å². The molecule has 0 aliphatic heterocycles. The number of carboxylic acid groups (broad SMARTS) is 1. The molecule has 2 aromatic carbocycles. The summed E-state index contributed by atoms with van der Waals surface area (Å²) in [7, 11) is 3.44. The summed E-state index contributed by atoms with van der Waals surface area (Å²) in [6.07, 6.45) is -9.67. The summed E-state index contributed by atoms with van der Waals surface area (Å²) in [4.78, 5) is 21.7. The van der Waals surface area contributed by atoms with E-state index in [2.05, 4.69) is 18.9 Å². The summed E-state index contributed by atoms with van der Waals surface area (Å²) in [5.41, 5.74) is -0.120. The van der Waals surface area contributed by atoms with Crippen LogP contribution in [-0.2, 0) is 4.74 Å². The normalized spacial score (nSPS) is 10.3. The molecular formula is C19H17F6NaO9. The number of benzene rings is 2. The predicted molar refractivity (Wildman–Crippen MR) is 99.6 cm³/mol. The third kappa shape index (κ3) is 11.9. The van der Waals surface area contributed by atoms with Crippen LogP contribution in [-0.4, -0.2) is 56.6 Å². The number of esters is 1. The minimum absolute atomic E-state index is 0. The number of aromatic carboxylic acids is 1. The molecule has 9 nitrogen and oxygen atoms in total. The molecule has 2 aromatic rings. The summed E-state index contributed by atoms with van der Waals surface area (Å²) in [5.74, 6) is -3.55. The number of carbonyl (C=O) groups excluding carboxylic acids is 1. The van der Waals surface area contributed by atoms with Crippen LogP contribution in [0, 0.1) is 0 Å². The molecule has 0 heterocycles. The van der Waals surface area contributed by atoms with Crippen LogP contribution in [0.1, 0.15) is 20.7 Å². The molecule has 0 radical (unpaired) electrons. The largest absolute Gasteiger partial charge is 1.00 e. The van der Waals surface area contributed by atoms with Crippen LogP contribution in [0.5, 0.6) is 23.0 Å². The third-order valence-corrected chi connectivity index (χ3v) is 3.45. The Kier molecular flexibility index (Phi) is 14.2. The number of rotatable bonds is 6. The number of halogens is 6. The molecule has 0 unspecified atom stereocenters. The first-order chi connectivity index (χ1) is 15.2. The molecule has 0 spiro atoms. The molecule has 0 bridgehead atoms. The van der Waals surface area contributed by atoms with Gasteiger partial charge in [0.15, 0.2) is 23.0 Å². The molecular weight excluding hydrogens is 509 g/mol. The molecule has 0 atom stereocenters. The van der Waals surface area contributed by atoms with Crippen LogP contribution in [0.15, 0.2) is 36.4 Å². The van der Waals surface area contributed by atoms with Crippen molar-refractivity contribution in [1.29, 1.82) is 0 Å². The van der Waals surface area contributed by atoms with Crippen molar-refractivity contribution in [1.82, 2.24) is 0 Å². The third-order valence-electron chi connectivity index (χ3n) is 3.45. The van der Waals surface area contributed by atoms with E-state index in [1.54, 1.807) is 0 Å². The average Bonchev–Trinajstić information content (AvgIpc) is 2.71. The molecule has 2 rings (SSSR count). The Morgan fingerprint density at radius 1 is 0.714 bits per heavy atom. The van der Waals surface area contributed by atoms with Crippen molar-refractivity contribution in [2.75, 3.05) is 21.3 Å². The Balaban J connectivity index is 0. The van der Waals surface area contributed by atoms with Crippen LogP contribution < -0.4 is 48.5 Å². The van der Waals surface area contributed by atoms with E-state index in [4.69, 9.17) is 9.84 Å². The summed E-state index contributed by atoms with van der Waals surface area (Å²) >= 11 is 0. The molecule has 0 amide bonds. The molecule has 16 heteroatoms. The Bertz CT molecular complexity index is 980. The summed E-state index contributed by atoms with van der Waals surface area (Å²) in [6.45, 7) is 0. The molecule has 0 saturated heterocycles. The van der Waals surface area contributed by atoms with Gasteiger partial charge in [-0.25, -0.2) is 9.59 Å². The topological polar surface area (TPSA) is 131 Å². The fourth-order valence-electron chi connectivity index (χ4n) is 2.13. The van der Waals surface area contributed by atoms with Crippen molar-refractivity contribution >= 4 is 11.9 Å². The first-order valence-electron chi connectivity index (χ1n) is 8.40. The Labute approximate surface area is 216 Å². The zero-order chi connectivity index (χ0) is 25.4. The van der Waals surface area contributed by atoms with Gasteiger partial charge in [-0.2, -0.15) is 0 Å². The molecule has 0 aliphatic rings. The molecule has 0 fully saturated rings. The van der Waals surface area contributed by atoms with Gasteiger partial charge in [-0.05, 0) is 36.4 Å². The van der Waals surface area contributed by atoms with Crippen LogP contribution >= 0.6 is 0 Å². The van der Waals surface area contributed by atoms with E-state index in [1.165, 1.54) is 7.11 Å². The van der Waals surface area contributed by atoms with Crippen molar-refractivity contribution in [2.24, 2.45) is 0 Å². The van der Waals surface area contributed by atoms with Gasteiger partial charge in [0, 0.05) is 0 Å². The fourth-order valence-corrected chi connectivity index (χ4v) is 2.13. The van der Waals surface area contributed by atoms with Crippen molar-refractivity contribution in [3.8, 4) is 23.0 Å². The molecule has 190 valence electrons. The SMILES string of the molecule is COC(=O)c1ccc(OC(F)(F)F)c(OC)c1.COc1cc(C(=O)O)ccc1OC(F)(F)F.[Na+].[OH-]. The summed E-state index contributed by atoms with van der Waals surface area (Å²) in [5, 5.41) is 8.61. The zero-order valence-corrected chi connectivity index (χ0v) is 20.5. The Hall–Kier alpha value is -2.88. The van der Waals surface area contributed by atoms with Gasteiger partial charge in [-0.15, -0.1) is 26.3 Å². The average molecular weight is 526 g/mol. The van der Waals surface area contributed by atoms with Gasteiger partial charge in [-0.1, -0.05) is 0 Å². The number of methoxy groups -OCH3 is 3. The van der Waals surface area contributed by atoms with Crippen LogP contribution in [0.4, 0.5) is 26.3 Å². The number of ether oxygens (including phenoxy) is 5. The monoisotopic (exact) mass is 526 g/mol. The van der Waals surface area contributed by atoms with E-state index >= 15 is 0 Å². The van der Waals surface area contributed by atoms with Gasteiger partial charge in [0.1, 0.15) is 0 Å². The maximum atomic E-state index is 12.0. The number of carboxylic acids is 1. The Morgan fingerprint density at radius 2 is 1.09 bits per heavy atom.